The smallest absolute Gasteiger partial charge is 0.0739 e. The molecule has 2 heterocycles. The third kappa shape index (κ3) is 2.16. The summed E-state index contributed by atoms with van der Waals surface area (Å²) in [6.07, 6.45) is 1.13. The van der Waals surface area contributed by atoms with Crippen LogP contribution in [0.4, 0.5) is 5.69 Å². The molecule has 1 aromatic carbocycles. The summed E-state index contributed by atoms with van der Waals surface area (Å²) in [5.74, 6) is 0. The van der Waals surface area contributed by atoms with E-state index in [9.17, 15) is 0 Å². The zero-order valence-corrected chi connectivity index (χ0v) is 13.8. The summed E-state index contributed by atoms with van der Waals surface area (Å²) in [7, 11) is 0. The van der Waals surface area contributed by atoms with Crippen LogP contribution in [0.1, 0.15) is 30.8 Å². The molecule has 2 aromatic rings. The number of hydrogen-bond donors (Lipinski definition) is 0. The molecule has 3 nitrogen and oxygen atoms in total. The molecule has 0 fully saturated rings. The van der Waals surface area contributed by atoms with Gasteiger partial charge in [-0.25, -0.2) is 0 Å². The predicted octanol–water partition coefficient (Wildman–Crippen LogP) is 3.93. The van der Waals surface area contributed by atoms with Crippen molar-refractivity contribution in [3.63, 3.8) is 0 Å². The van der Waals surface area contributed by atoms with Gasteiger partial charge in [-0.1, -0.05) is 18.2 Å². The predicted molar refractivity (Wildman–Crippen MR) is 86.1 cm³/mol. The lowest BCUT2D eigenvalue weighted by Gasteiger charge is -2.25. The van der Waals surface area contributed by atoms with Crippen molar-refractivity contribution in [3.8, 4) is 0 Å². The Kier molecular flexibility index (Phi) is 3.59. The average molecular weight is 334 g/mol. The first-order valence-corrected chi connectivity index (χ1v) is 7.97. The Bertz CT molecular complexity index is 633. The third-order valence-electron chi connectivity index (χ3n) is 4.12. The number of halogens is 1. The summed E-state index contributed by atoms with van der Waals surface area (Å²) in [5, 5.41) is 4.59. The van der Waals surface area contributed by atoms with E-state index < -0.39 is 0 Å². The van der Waals surface area contributed by atoms with E-state index >= 15 is 0 Å². The van der Waals surface area contributed by atoms with Crippen LogP contribution in [0.3, 0.4) is 0 Å². The van der Waals surface area contributed by atoms with Crippen molar-refractivity contribution in [2.75, 3.05) is 4.90 Å². The second-order valence-electron chi connectivity index (χ2n) is 5.47. The zero-order chi connectivity index (χ0) is 14.3. The molecule has 0 saturated carbocycles. The van der Waals surface area contributed by atoms with Crippen molar-refractivity contribution < 1.29 is 0 Å². The van der Waals surface area contributed by atoms with Gasteiger partial charge in [0.1, 0.15) is 0 Å². The molecule has 0 radical (unpaired) electrons. The number of anilines is 1. The largest absolute Gasteiger partial charge is 0.362 e. The second-order valence-corrected chi connectivity index (χ2v) is 6.26. The molecular weight excluding hydrogens is 314 g/mol. The topological polar surface area (TPSA) is 21.1 Å². The van der Waals surface area contributed by atoms with E-state index in [-0.39, 0.29) is 0 Å². The van der Waals surface area contributed by atoms with Crippen LogP contribution in [0.15, 0.2) is 28.7 Å². The molecule has 4 heteroatoms. The molecular formula is C16H20BrN3. The maximum Gasteiger partial charge on any atom is 0.0739 e. The highest BCUT2D eigenvalue weighted by Gasteiger charge is 2.27. The van der Waals surface area contributed by atoms with E-state index in [4.69, 9.17) is 0 Å². The normalized spacial score (nSPS) is 17.6. The first kappa shape index (κ1) is 13.7. The Morgan fingerprint density at radius 2 is 2.10 bits per heavy atom. The SMILES string of the molecule is CCn1nc(C)c(Br)c1CN1c2ccccc2CC1C. The molecule has 0 amide bonds. The lowest BCUT2D eigenvalue weighted by molar-refractivity contribution is 0.586. The van der Waals surface area contributed by atoms with Crippen molar-refractivity contribution in [2.24, 2.45) is 0 Å². The lowest BCUT2D eigenvalue weighted by atomic mass is 10.1. The van der Waals surface area contributed by atoms with Crippen molar-refractivity contribution in [1.29, 1.82) is 0 Å². The van der Waals surface area contributed by atoms with Crippen LogP contribution in [0.5, 0.6) is 0 Å². The van der Waals surface area contributed by atoms with Gasteiger partial charge >= 0.3 is 0 Å². The van der Waals surface area contributed by atoms with Gasteiger partial charge in [0.2, 0.25) is 0 Å². The number of aromatic nitrogens is 2. The minimum Gasteiger partial charge on any atom is -0.362 e. The molecule has 1 aromatic heterocycles. The zero-order valence-electron chi connectivity index (χ0n) is 12.2. The summed E-state index contributed by atoms with van der Waals surface area (Å²) >= 11 is 3.70. The van der Waals surface area contributed by atoms with Gasteiger partial charge in [0, 0.05) is 18.3 Å². The molecule has 1 unspecified atom stereocenters. The molecule has 0 N–H and O–H groups in total. The number of benzene rings is 1. The third-order valence-corrected chi connectivity index (χ3v) is 5.15. The Hall–Kier alpha value is -1.29. The van der Waals surface area contributed by atoms with Gasteiger partial charge in [-0.3, -0.25) is 4.68 Å². The Morgan fingerprint density at radius 3 is 2.85 bits per heavy atom. The number of aryl methyl sites for hydroxylation is 2. The number of hydrogen-bond acceptors (Lipinski definition) is 2. The van der Waals surface area contributed by atoms with Gasteiger partial charge < -0.3 is 4.90 Å². The molecule has 1 aliphatic rings. The number of nitrogens with zero attached hydrogens (tertiary/aromatic N) is 3. The van der Waals surface area contributed by atoms with E-state index in [1.165, 1.54) is 16.9 Å². The van der Waals surface area contributed by atoms with Crippen molar-refractivity contribution in [2.45, 2.75) is 46.3 Å². The molecule has 1 atom stereocenters. The van der Waals surface area contributed by atoms with E-state index in [2.05, 4.69) is 75.6 Å². The van der Waals surface area contributed by atoms with Crippen molar-refractivity contribution in [1.82, 2.24) is 9.78 Å². The molecule has 106 valence electrons. The first-order chi connectivity index (χ1) is 9.61. The van der Waals surface area contributed by atoms with Gasteiger partial charge in [0.25, 0.3) is 0 Å². The van der Waals surface area contributed by atoms with E-state index in [0.717, 1.165) is 29.7 Å². The standard InChI is InChI=1S/C16H20BrN3/c1-4-20-15(16(17)12(3)18-20)10-19-11(2)9-13-7-5-6-8-14(13)19/h5-8,11H,4,9-10H2,1-3H3. The van der Waals surface area contributed by atoms with Crippen LogP contribution in [-0.2, 0) is 19.5 Å². The maximum absolute atomic E-state index is 4.59. The van der Waals surface area contributed by atoms with Crippen LogP contribution >= 0.6 is 15.9 Å². The molecule has 0 spiro atoms. The quantitative estimate of drug-likeness (QED) is 0.848. The summed E-state index contributed by atoms with van der Waals surface area (Å²) in [6, 6.07) is 9.27. The molecule has 0 aliphatic carbocycles. The fraction of sp³-hybridized carbons (Fsp3) is 0.438. The Morgan fingerprint density at radius 1 is 1.35 bits per heavy atom. The summed E-state index contributed by atoms with van der Waals surface area (Å²) in [6.45, 7) is 8.32. The van der Waals surface area contributed by atoms with Crippen molar-refractivity contribution in [3.05, 3.63) is 45.7 Å². The van der Waals surface area contributed by atoms with Gasteiger partial charge in [0.15, 0.2) is 0 Å². The lowest BCUT2D eigenvalue weighted by Crippen LogP contribution is -2.29. The highest BCUT2D eigenvalue weighted by atomic mass is 79.9. The fourth-order valence-corrected chi connectivity index (χ4v) is 3.46. The number of para-hydroxylation sites is 1. The van der Waals surface area contributed by atoms with Gasteiger partial charge in [-0.15, -0.1) is 0 Å². The van der Waals surface area contributed by atoms with E-state index in [0.29, 0.717) is 6.04 Å². The van der Waals surface area contributed by atoms with E-state index in [1.54, 1.807) is 0 Å². The van der Waals surface area contributed by atoms with Crippen LogP contribution in [0, 0.1) is 6.92 Å². The molecule has 3 rings (SSSR count). The average Bonchev–Trinajstić information content (AvgIpc) is 2.90. The van der Waals surface area contributed by atoms with Gasteiger partial charge in [0.05, 0.1) is 22.4 Å². The second kappa shape index (κ2) is 5.24. The molecule has 0 saturated heterocycles. The van der Waals surface area contributed by atoms with Crippen LogP contribution in [-0.4, -0.2) is 15.8 Å². The van der Waals surface area contributed by atoms with Crippen LogP contribution in [0.25, 0.3) is 0 Å². The van der Waals surface area contributed by atoms with Crippen LogP contribution < -0.4 is 4.90 Å². The fourth-order valence-electron chi connectivity index (χ4n) is 3.05. The minimum atomic E-state index is 0.541. The van der Waals surface area contributed by atoms with Crippen LogP contribution in [0.2, 0.25) is 0 Å². The van der Waals surface area contributed by atoms with E-state index in [1.807, 2.05) is 0 Å². The monoisotopic (exact) mass is 333 g/mol. The Labute approximate surface area is 128 Å². The first-order valence-electron chi connectivity index (χ1n) is 7.18. The Balaban J connectivity index is 1.96. The summed E-state index contributed by atoms with van der Waals surface area (Å²) < 4.78 is 3.25. The van der Waals surface area contributed by atoms with Crippen molar-refractivity contribution >= 4 is 21.6 Å². The van der Waals surface area contributed by atoms with Gasteiger partial charge in [-0.2, -0.15) is 5.10 Å². The number of rotatable bonds is 3. The molecule has 20 heavy (non-hydrogen) atoms. The summed E-state index contributed by atoms with van der Waals surface area (Å²) in [5.41, 5.74) is 5.17. The number of fused-ring (bicyclic) bond motifs is 1. The highest BCUT2D eigenvalue weighted by Crippen LogP contribution is 2.34. The highest BCUT2D eigenvalue weighted by molar-refractivity contribution is 9.10. The maximum atomic E-state index is 4.59. The minimum absolute atomic E-state index is 0.541. The molecule has 1 aliphatic heterocycles. The van der Waals surface area contributed by atoms with Gasteiger partial charge in [-0.05, 0) is 54.8 Å². The summed E-state index contributed by atoms with van der Waals surface area (Å²) in [4.78, 5) is 2.49. The molecule has 0 bridgehead atoms.